The van der Waals surface area contributed by atoms with E-state index in [1.54, 1.807) is 11.1 Å². The second-order valence-electron chi connectivity index (χ2n) is 18.0. The third-order valence-corrected chi connectivity index (χ3v) is 14.2. The standard InChI is InChI=1S/C24H37.C21H31.2CH3.2Zr/c1-5-24(6-2)18-16-21-14-9-15-22(21)23(24,4)17-10-11-19(3)20-12-7-8-13-20;1-19(2,3)15-10-11-16(14-15)21(6)13-12-20(4,5)17-8-7-9-18(17)21;;;;/h7-8,12,15-16,18-19,21-22H,5-6,9-11,13-14,17H2,1-4H3;8,10,12-14,17-18H,7,9,11H2,1-6H3;2*1H3;;/q4*-1;;+3. The number of hydrogen-bond acceptors (Lipinski definition) is 0. The van der Waals surface area contributed by atoms with E-state index in [-0.39, 0.29) is 78.1 Å². The van der Waals surface area contributed by atoms with Crippen molar-refractivity contribution in [2.45, 2.75) is 140 Å². The van der Waals surface area contributed by atoms with Gasteiger partial charge >= 0.3 is 26.2 Å². The summed E-state index contributed by atoms with van der Waals surface area (Å²) in [6.07, 6.45) is 41.8. The molecule has 0 spiro atoms. The monoisotopic (exact) mass is 818 g/mol. The fourth-order valence-corrected chi connectivity index (χ4v) is 10.8. The molecule has 271 valence electrons. The Morgan fingerprint density at radius 1 is 0.898 bits per heavy atom. The molecule has 2 saturated carbocycles. The molecule has 2 heteroatoms. The second-order valence-corrected chi connectivity index (χ2v) is 18.0. The van der Waals surface area contributed by atoms with Gasteiger partial charge < -0.3 is 27.7 Å². The smallest absolute Gasteiger partial charge is 0.358 e. The molecule has 2 fully saturated rings. The number of fused-ring (bicyclic) bond motifs is 2. The number of hydrogen-bond donors (Lipinski definition) is 0. The van der Waals surface area contributed by atoms with Gasteiger partial charge in [-0.05, 0) is 77.6 Å². The molecule has 0 heterocycles. The zero-order valence-electron chi connectivity index (χ0n) is 34.0. The van der Waals surface area contributed by atoms with E-state index >= 15 is 0 Å². The molecule has 6 rings (SSSR count). The van der Waals surface area contributed by atoms with E-state index in [0.29, 0.717) is 16.2 Å². The third-order valence-electron chi connectivity index (χ3n) is 14.2. The second kappa shape index (κ2) is 18.5. The molecular formula is C47H74Zr2-. The van der Waals surface area contributed by atoms with E-state index in [4.69, 9.17) is 0 Å². The minimum atomic E-state index is 0. The molecule has 7 atom stereocenters. The largest absolute Gasteiger partial charge is 3.00 e. The summed E-state index contributed by atoms with van der Waals surface area (Å²) >= 11 is 0. The van der Waals surface area contributed by atoms with Crippen molar-refractivity contribution in [1.82, 2.24) is 0 Å². The first-order chi connectivity index (χ1) is 21.2. The van der Waals surface area contributed by atoms with E-state index < -0.39 is 0 Å². The van der Waals surface area contributed by atoms with Crippen LogP contribution in [0.1, 0.15) is 140 Å². The number of allylic oxidation sites excluding steroid dienone is 12. The summed E-state index contributed by atoms with van der Waals surface area (Å²) in [6, 6.07) is 0. The van der Waals surface area contributed by atoms with E-state index in [1.807, 2.05) is 0 Å². The van der Waals surface area contributed by atoms with Crippen molar-refractivity contribution < 1.29 is 52.4 Å². The zero-order valence-corrected chi connectivity index (χ0v) is 38.9. The predicted molar refractivity (Wildman–Crippen MR) is 210 cm³/mol. The maximum Gasteiger partial charge on any atom is 3.00 e. The SMILES string of the molecule is CC(C)(C)C1=CCC(C2(C)C=CC(C)(C)C3[CH-]CCC32)=C1.CCC1(CC)C=CC2CC[CH-]C2C1(C)CCCC(C)C1=CC=CC1.[CH3-].[CH3-].[Zr+3].[Zr]. The summed E-state index contributed by atoms with van der Waals surface area (Å²) in [7, 11) is 0. The van der Waals surface area contributed by atoms with Gasteiger partial charge in [0.05, 0.1) is 0 Å². The Kier molecular flexibility index (Phi) is 17.8. The Morgan fingerprint density at radius 2 is 1.55 bits per heavy atom. The maximum atomic E-state index is 2.68. The molecule has 0 aliphatic heterocycles. The van der Waals surface area contributed by atoms with Crippen LogP contribution in [0.25, 0.3) is 0 Å². The van der Waals surface area contributed by atoms with Gasteiger partial charge in [0.25, 0.3) is 0 Å². The predicted octanol–water partition coefficient (Wildman–Crippen LogP) is 14.3. The van der Waals surface area contributed by atoms with Gasteiger partial charge in [0.2, 0.25) is 0 Å². The van der Waals surface area contributed by atoms with Crippen molar-refractivity contribution in [1.29, 1.82) is 0 Å². The zero-order chi connectivity index (χ0) is 32.7. The van der Waals surface area contributed by atoms with Gasteiger partial charge in [0.1, 0.15) is 0 Å². The Balaban J connectivity index is 0.000000456. The van der Waals surface area contributed by atoms with Gasteiger partial charge in [-0.25, -0.2) is 0 Å². The summed E-state index contributed by atoms with van der Waals surface area (Å²) in [6.45, 7) is 24.2. The van der Waals surface area contributed by atoms with Crippen LogP contribution >= 0.6 is 0 Å². The molecule has 0 aromatic heterocycles. The van der Waals surface area contributed by atoms with Crippen LogP contribution in [-0.2, 0) is 52.4 Å². The Labute approximate surface area is 345 Å². The van der Waals surface area contributed by atoms with E-state index in [0.717, 1.165) is 36.0 Å². The Morgan fingerprint density at radius 3 is 2.14 bits per heavy atom. The van der Waals surface area contributed by atoms with Crippen molar-refractivity contribution in [3.8, 4) is 0 Å². The molecule has 0 saturated heterocycles. The van der Waals surface area contributed by atoms with Gasteiger partial charge in [-0.2, -0.15) is 24.7 Å². The van der Waals surface area contributed by atoms with Crippen molar-refractivity contribution in [3.63, 3.8) is 0 Å². The normalized spacial score (nSPS) is 33.6. The minimum Gasteiger partial charge on any atom is -0.358 e. The molecule has 7 unspecified atom stereocenters. The number of rotatable bonds is 8. The van der Waals surface area contributed by atoms with Crippen LogP contribution in [0.4, 0.5) is 0 Å². The molecule has 6 aliphatic rings. The minimum absolute atomic E-state index is 0. The molecular weight excluding hydrogens is 747 g/mol. The molecule has 1 radical (unpaired) electrons. The van der Waals surface area contributed by atoms with Gasteiger partial charge in [-0.15, -0.1) is 0 Å². The molecule has 0 N–H and O–H groups in total. The summed E-state index contributed by atoms with van der Waals surface area (Å²) in [5.41, 5.74) is 6.54. The summed E-state index contributed by atoms with van der Waals surface area (Å²) in [5.74, 6) is 3.91. The molecule has 49 heavy (non-hydrogen) atoms. The van der Waals surface area contributed by atoms with Gasteiger partial charge in [0.15, 0.2) is 0 Å². The van der Waals surface area contributed by atoms with E-state index in [1.165, 1.54) is 69.8 Å². The molecule has 0 bridgehead atoms. The van der Waals surface area contributed by atoms with Crippen LogP contribution in [0.15, 0.2) is 71.4 Å². The molecule has 6 aliphatic carbocycles. The molecule has 0 aromatic rings. The average Bonchev–Trinajstić information content (AvgIpc) is 3.82. The van der Waals surface area contributed by atoms with Crippen molar-refractivity contribution in [2.75, 3.05) is 0 Å². The van der Waals surface area contributed by atoms with Crippen LogP contribution in [0.3, 0.4) is 0 Å². The van der Waals surface area contributed by atoms with Gasteiger partial charge in [-0.3, -0.25) is 0 Å². The fraction of sp³-hybridized carbons (Fsp3) is 0.660. The Bertz CT molecular complexity index is 1240. The third kappa shape index (κ3) is 9.30. The van der Waals surface area contributed by atoms with Crippen molar-refractivity contribution in [2.24, 2.45) is 56.7 Å². The average molecular weight is 822 g/mol. The van der Waals surface area contributed by atoms with Crippen LogP contribution in [-0.4, -0.2) is 0 Å². The van der Waals surface area contributed by atoms with E-state index in [2.05, 4.69) is 137 Å². The van der Waals surface area contributed by atoms with Crippen LogP contribution in [0.2, 0.25) is 0 Å². The topological polar surface area (TPSA) is 0 Å². The van der Waals surface area contributed by atoms with Crippen LogP contribution in [0.5, 0.6) is 0 Å². The van der Waals surface area contributed by atoms with Crippen molar-refractivity contribution >= 4 is 0 Å². The molecule has 0 aromatic carbocycles. The molecule has 0 nitrogen and oxygen atoms in total. The first kappa shape index (κ1) is 47.2. The van der Waals surface area contributed by atoms with E-state index in [9.17, 15) is 0 Å². The first-order valence-electron chi connectivity index (χ1n) is 19.0. The maximum absolute atomic E-state index is 2.68. The quantitative estimate of drug-likeness (QED) is 0.169. The van der Waals surface area contributed by atoms with Crippen LogP contribution in [0, 0.1) is 84.4 Å². The van der Waals surface area contributed by atoms with Gasteiger partial charge in [-0.1, -0.05) is 160 Å². The molecule has 0 amide bonds. The van der Waals surface area contributed by atoms with Crippen LogP contribution < -0.4 is 0 Å². The Hall–Kier alpha value is 0.206. The summed E-state index contributed by atoms with van der Waals surface area (Å²) in [4.78, 5) is 0. The first-order valence-corrected chi connectivity index (χ1v) is 19.0. The fourth-order valence-electron chi connectivity index (χ4n) is 10.8. The van der Waals surface area contributed by atoms with Crippen molar-refractivity contribution in [3.05, 3.63) is 99.1 Å². The summed E-state index contributed by atoms with van der Waals surface area (Å²) < 4.78 is 0. The summed E-state index contributed by atoms with van der Waals surface area (Å²) in [5, 5.41) is 0. The van der Waals surface area contributed by atoms with Gasteiger partial charge in [0, 0.05) is 31.6 Å².